The monoisotopic (exact) mass is 526 g/mol. The highest BCUT2D eigenvalue weighted by atomic mass is 35.5. The predicted molar refractivity (Wildman–Crippen MR) is 137 cm³/mol. The van der Waals surface area contributed by atoms with E-state index in [1.807, 2.05) is 6.07 Å². The number of carbonyl (C=O) groups excluding carboxylic acids is 2. The molecule has 6 nitrogen and oxygen atoms in total. The first-order valence-corrected chi connectivity index (χ1v) is 11.6. The molecule has 0 unspecified atom stereocenters. The van der Waals surface area contributed by atoms with Gasteiger partial charge in [-0.15, -0.1) is 0 Å². The van der Waals surface area contributed by atoms with Crippen molar-refractivity contribution in [1.82, 2.24) is 10.3 Å². The Morgan fingerprint density at radius 3 is 2.39 bits per heavy atom. The maximum atomic E-state index is 14.4. The van der Waals surface area contributed by atoms with Crippen LogP contribution in [-0.4, -0.2) is 37.1 Å². The summed E-state index contributed by atoms with van der Waals surface area (Å²) >= 11 is 12.3. The van der Waals surface area contributed by atoms with Gasteiger partial charge in [-0.05, 0) is 35.4 Å². The molecular formula is C27H21Cl2FN2O4. The summed E-state index contributed by atoms with van der Waals surface area (Å²) in [6, 6.07) is 15.5. The van der Waals surface area contributed by atoms with Crippen molar-refractivity contribution in [2.45, 2.75) is 12.5 Å². The lowest BCUT2D eigenvalue weighted by Gasteiger charge is -2.19. The second-order valence-electron chi connectivity index (χ2n) is 7.84. The maximum Gasteiger partial charge on any atom is 0.328 e. The Kier molecular flexibility index (Phi) is 7.72. The molecule has 4 aromatic rings. The highest BCUT2D eigenvalue weighted by molar-refractivity contribution is 6.39. The van der Waals surface area contributed by atoms with Crippen LogP contribution in [0.1, 0.15) is 15.9 Å². The Balaban J connectivity index is 1.74. The van der Waals surface area contributed by atoms with Gasteiger partial charge in [0.2, 0.25) is 0 Å². The summed E-state index contributed by atoms with van der Waals surface area (Å²) in [4.78, 5) is 30.1. The molecule has 0 saturated heterocycles. The van der Waals surface area contributed by atoms with Gasteiger partial charge in [-0.25, -0.2) is 9.18 Å². The van der Waals surface area contributed by atoms with Gasteiger partial charge in [0.25, 0.3) is 5.91 Å². The van der Waals surface area contributed by atoms with Gasteiger partial charge < -0.3 is 14.8 Å². The van der Waals surface area contributed by atoms with Gasteiger partial charge >= 0.3 is 5.97 Å². The lowest BCUT2D eigenvalue weighted by molar-refractivity contribution is -0.142. The van der Waals surface area contributed by atoms with Gasteiger partial charge in [-0.3, -0.25) is 9.78 Å². The van der Waals surface area contributed by atoms with Crippen LogP contribution in [0.3, 0.4) is 0 Å². The average Bonchev–Trinajstić information content (AvgIpc) is 2.87. The Bertz CT molecular complexity index is 1440. The van der Waals surface area contributed by atoms with Crippen LogP contribution in [0.15, 0.2) is 66.9 Å². The molecule has 3 aromatic carbocycles. The first-order chi connectivity index (χ1) is 17.3. The highest BCUT2D eigenvalue weighted by Gasteiger charge is 2.26. The zero-order valence-electron chi connectivity index (χ0n) is 19.3. The third-order valence-corrected chi connectivity index (χ3v) is 6.35. The van der Waals surface area contributed by atoms with Gasteiger partial charge in [-0.1, -0.05) is 59.6 Å². The smallest absolute Gasteiger partial charge is 0.328 e. The minimum atomic E-state index is -1.05. The Morgan fingerprint density at radius 1 is 0.972 bits per heavy atom. The Hall–Kier alpha value is -3.68. The van der Waals surface area contributed by atoms with Crippen LogP contribution in [0.4, 0.5) is 4.39 Å². The fourth-order valence-electron chi connectivity index (χ4n) is 4.06. The first kappa shape index (κ1) is 25.4. The molecule has 0 aliphatic rings. The maximum absolute atomic E-state index is 14.4. The summed E-state index contributed by atoms with van der Waals surface area (Å²) in [5, 5.41) is 3.71. The third-order valence-electron chi connectivity index (χ3n) is 5.72. The molecule has 184 valence electrons. The zero-order chi connectivity index (χ0) is 25.8. The Morgan fingerprint density at radius 2 is 1.69 bits per heavy atom. The molecule has 36 heavy (non-hydrogen) atoms. The molecule has 0 bridgehead atoms. The number of ether oxygens (including phenoxy) is 2. The topological polar surface area (TPSA) is 77.5 Å². The van der Waals surface area contributed by atoms with Crippen molar-refractivity contribution >= 4 is 46.0 Å². The molecule has 0 aliphatic heterocycles. The SMILES string of the molecule is COC(=O)[C@H](Cc1ccc(-c2cccc(F)c2OC)c2cccnc12)NC(=O)c1c(Cl)cccc1Cl. The summed E-state index contributed by atoms with van der Waals surface area (Å²) in [5.74, 6) is -1.62. The fraction of sp³-hybridized carbons (Fsp3) is 0.148. The second-order valence-corrected chi connectivity index (χ2v) is 8.66. The molecule has 9 heteroatoms. The van der Waals surface area contributed by atoms with E-state index in [0.717, 1.165) is 5.39 Å². The average molecular weight is 527 g/mol. The fourth-order valence-corrected chi connectivity index (χ4v) is 4.63. The summed E-state index contributed by atoms with van der Waals surface area (Å²) < 4.78 is 24.6. The number of nitrogens with zero attached hydrogens (tertiary/aromatic N) is 1. The largest absolute Gasteiger partial charge is 0.493 e. The van der Waals surface area contributed by atoms with Crippen LogP contribution < -0.4 is 10.1 Å². The highest BCUT2D eigenvalue weighted by Crippen LogP contribution is 2.37. The van der Waals surface area contributed by atoms with Crippen molar-refractivity contribution < 1.29 is 23.5 Å². The lowest BCUT2D eigenvalue weighted by Crippen LogP contribution is -2.43. The minimum Gasteiger partial charge on any atom is -0.493 e. The quantitative estimate of drug-likeness (QED) is 0.304. The number of amides is 1. The summed E-state index contributed by atoms with van der Waals surface area (Å²) in [6.07, 6.45) is 1.70. The normalized spacial score (nSPS) is 11.7. The number of hydrogen-bond donors (Lipinski definition) is 1. The molecule has 0 spiro atoms. The lowest BCUT2D eigenvalue weighted by atomic mass is 9.94. The molecule has 0 radical (unpaired) electrons. The van der Waals surface area contributed by atoms with Crippen LogP contribution >= 0.6 is 23.2 Å². The number of pyridine rings is 1. The number of methoxy groups -OCH3 is 2. The van der Waals surface area contributed by atoms with E-state index in [0.29, 0.717) is 22.2 Å². The van der Waals surface area contributed by atoms with E-state index in [1.54, 1.807) is 42.6 Å². The van der Waals surface area contributed by atoms with E-state index in [4.69, 9.17) is 32.7 Å². The predicted octanol–water partition coefficient (Wildman–Crippen LogP) is 5.87. The number of aromatic nitrogens is 1. The minimum absolute atomic E-state index is 0.0614. The molecule has 1 heterocycles. The van der Waals surface area contributed by atoms with Crippen molar-refractivity contribution in [3.63, 3.8) is 0 Å². The zero-order valence-corrected chi connectivity index (χ0v) is 20.9. The molecule has 0 saturated carbocycles. The molecule has 1 amide bonds. The van der Waals surface area contributed by atoms with Crippen LogP contribution in [0, 0.1) is 5.82 Å². The van der Waals surface area contributed by atoms with Crippen molar-refractivity contribution in [2.24, 2.45) is 0 Å². The van der Waals surface area contributed by atoms with Crippen LogP contribution in [-0.2, 0) is 16.0 Å². The van der Waals surface area contributed by atoms with Crippen LogP contribution in [0.2, 0.25) is 10.0 Å². The summed E-state index contributed by atoms with van der Waals surface area (Å²) in [7, 11) is 2.64. The van der Waals surface area contributed by atoms with Gasteiger partial charge in [0.1, 0.15) is 6.04 Å². The van der Waals surface area contributed by atoms with E-state index >= 15 is 0 Å². The van der Waals surface area contributed by atoms with Crippen molar-refractivity contribution in [3.05, 3.63) is 93.8 Å². The standard InChI is InChI=1S/C27H21Cl2FN2O4/c1-35-25-18(6-3-10-21(25)30)16-12-11-15(24-17(16)7-5-13-31-24)14-22(27(34)36-2)32-26(33)23-19(28)8-4-9-20(23)29/h3-13,22H,14H2,1-2H3,(H,32,33)/t22-/m0/s1. The molecule has 4 rings (SSSR count). The molecular weight excluding hydrogens is 506 g/mol. The molecule has 0 aliphatic carbocycles. The van der Waals surface area contributed by atoms with E-state index in [1.165, 1.54) is 32.4 Å². The number of para-hydroxylation sites is 1. The van der Waals surface area contributed by atoms with Crippen molar-refractivity contribution in [1.29, 1.82) is 0 Å². The number of fused-ring (bicyclic) bond motifs is 1. The number of nitrogens with one attached hydrogen (secondary N) is 1. The van der Waals surface area contributed by atoms with E-state index in [9.17, 15) is 14.0 Å². The number of rotatable bonds is 7. The van der Waals surface area contributed by atoms with Crippen molar-refractivity contribution in [2.75, 3.05) is 14.2 Å². The number of esters is 1. The third kappa shape index (κ3) is 4.98. The second kappa shape index (κ2) is 10.9. The molecule has 1 atom stereocenters. The van der Waals surface area contributed by atoms with Crippen molar-refractivity contribution in [3.8, 4) is 16.9 Å². The number of benzene rings is 3. The van der Waals surface area contributed by atoms with Crippen LogP contribution in [0.25, 0.3) is 22.0 Å². The Labute approximate surface area is 217 Å². The van der Waals surface area contributed by atoms with Gasteiger partial charge in [-0.2, -0.15) is 0 Å². The molecule has 0 fully saturated rings. The van der Waals surface area contributed by atoms with E-state index in [-0.39, 0.29) is 27.8 Å². The summed E-state index contributed by atoms with van der Waals surface area (Å²) in [6.45, 7) is 0. The van der Waals surface area contributed by atoms with E-state index in [2.05, 4.69) is 10.3 Å². The van der Waals surface area contributed by atoms with Gasteiger partial charge in [0.15, 0.2) is 11.6 Å². The number of carbonyl (C=O) groups is 2. The summed E-state index contributed by atoms with van der Waals surface area (Å²) in [5.41, 5.74) is 2.59. The van der Waals surface area contributed by atoms with Crippen LogP contribution in [0.5, 0.6) is 5.75 Å². The molecule has 1 N–H and O–H groups in total. The number of halogens is 3. The molecule has 1 aromatic heterocycles. The van der Waals surface area contributed by atoms with Gasteiger partial charge in [0.05, 0.1) is 35.3 Å². The number of hydrogen-bond acceptors (Lipinski definition) is 5. The van der Waals surface area contributed by atoms with E-state index < -0.39 is 23.7 Å². The first-order valence-electron chi connectivity index (χ1n) is 10.9. The van der Waals surface area contributed by atoms with Gasteiger partial charge in [0, 0.05) is 23.6 Å².